The van der Waals surface area contributed by atoms with Gasteiger partial charge in [0, 0.05) is 17.8 Å². The molecule has 134 valence electrons. The Morgan fingerprint density at radius 2 is 1.09 bits per heavy atom. The average molecular weight is 354 g/mol. The Kier molecular flexibility index (Phi) is 16.7. The summed E-state index contributed by atoms with van der Waals surface area (Å²) < 4.78 is 14.8. The molecule has 0 aromatic heterocycles. The lowest BCUT2D eigenvalue weighted by Gasteiger charge is -2.04. The van der Waals surface area contributed by atoms with Crippen molar-refractivity contribution in [3.63, 3.8) is 0 Å². The molecule has 0 unspecified atom stereocenters. The summed E-state index contributed by atoms with van der Waals surface area (Å²) in [6.45, 7) is 2.26. The fourth-order valence-corrected chi connectivity index (χ4v) is 3.63. The van der Waals surface area contributed by atoms with Crippen LogP contribution in [0, 0.1) is 0 Å². The summed E-state index contributed by atoms with van der Waals surface area (Å²) in [5.41, 5.74) is 0. The normalized spacial score (nSPS) is 12.0. The molecular formula is C16H35O4PS. The highest BCUT2D eigenvalue weighted by Gasteiger charge is 2.13. The highest BCUT2D eigenvalue weighted by molar-refractivity contribution is 7.97. The molecule has 0 aromatic carbocycles. The maximum Gasteiger partial charge on any atom is 0.480 e. The van der Waals surface area contributed by atoms with Crippen LogP contribution < -0.4 is 0 Å². The molecule has 0 atom stereocenters. The van der Waals surface area contributed by atoms with Gasteiger partial charge in [0.15, 0.2) is 0 Å². The predicted molar refractivity (Wildman–Crippen MR) is 95.9 cm³/mol. The van der Waals surface area contributed by atoms with Crippen LogP contribution in [0.5, 0.6) is 0 Å². The Bertz CT molecular complexity index is 271. The van der Waals surface area contributed by atoms with Crippen LogP contribution in [0.3, 0.4) is 0 Å². The fraction of sp³-hybridized carbons (Fsp3) is 1.00. The number of rotatable bonds is 17. The van der Waals surface area contributed by atoms with E-state index in [0.717, 1.165) is 24.9 Å². The Morgan fingerprint density at radius 1 is 0.727 bits per heavy atom. The van der Waals surface area contributed by atoms with Crippen molar-refractivity contribution >= 4 is 19.9 Å². The van der Waals surface area contributed by atoms with Gasteiger partial charge >= 0.3 is 7.82 Å². The van der Waals surface area contributed by atoms with Crippen LogP contribution >= 0.6 is 19.9 Å². The summed E-state index contributed by atoms with van der Waals surface area (Å²) in [6.07, 6.45) is 18.4. The van der Waals surface area contributed by atoms with Crippen molar-refractivity contribution in [1.82, 2.24) is 0 Å². The third kappa shape index (κ3) is 20.5. The van der Waals surface area contributed by atoms with Crippen LogP contribution in [0.25, 0.3) is 0 Å². The van der Waals surface area contributed by atoms with Crippen LogP contribution in [-0.4, -0.2) is 15.5 Å². The molecule has 0 aliphatic carbocycles. The van der Waals surface area contributed by atoms with Gasteiger partial charge < -0.3 is 9.79 Å². The standard InChI is InChI=1S/C16H35O4PS/c1-2-3-4-5-6-7-8-9-10-11-12-13-14-15-16-22-20-21(17,18)19/h2-16H2,1H3,(H2,17,18,19). The van der Waals surface area contributed by atoms with Gasteiger partial charge in [0.1, 0.15) is 0 Å². The van der Waals surface area contributed by atoms with Crippen LogP contribution in [0.1, 0.15) is 96.8 Å². The second kappa shape index (κ2) is 16.3. The molecule has 6 heteroatoms. The van der Waals surface area contributed by atoms with E-state index in [0.29, 0.717) is 5.75 Å². The zero-order chi connectivity index (χ0) is 16.5. The molecule has 0 saturated heterocycles. The van der Waals surface area contributed by atoms with Crippen molar-refractivity contribution in [2.45, 2.75) is 96.8 Å². The van der Waals surface area contributed by atoms with E-state index in [2.05, 4.69) is 10.9 Å². The first-order valence-electron chi connectivity index (χ1n) is 8.93. The summed E-state index contributed by atoms with van der Waals surface area (Å²) in [5.74, 6) is 0.656. The summed E-state index contributed by atoms with van der Waals surface area (Å²) in [6, 6.07) is 0. The van der Waals surface area contributed by atoms with Crippen LogP contribution in [0.4, 0.5) is 0 Å². The Hall–Kier alpha value is 0.460. The molecule has 0 saturated carbocycles. The minimum Gasteiger partial charge on any atom is -0.302 e. The van der Waals surface area contributed by atoms with Gasteiger partial charge in [-0.3, -0.25) is 0 Å². The minimum atomic E-state index is -4.29. The second-order valence-corrected chi connectivity index (χ2v) is 8.20. The van der Waals surface area contributed by atoms with Gasteiger partial charge in [-0.1, -0.05) is 90.4 Å². The molecule has 0 bridgehead atoms. The lowest BCUT2D eigenvalue weighted by Crippen LogP contribution is -1.85. The van der Waals surface area contributed by atoms with E-state index in [4.69, 9.17) is 9.79 Å². The predicted octanol–water partition coefficient (Wildman–Crippen LogP) is 6.23. The minimum absolute atomic E-state index is 0.656. The van der Waals surface area contributed by atoms with Crippen molar-refractivity contribution in [2.75, 3.05) is 5.75 Å². The van der Waals surface area contributed by atoms with Crippen LogP contribution in [0.15, 0.2) is 0 Å². The Morgan fingerprint density at radius 3 is 1.45 bits per heavy atom. The maximum absolute atomic E-state index is 10.4. The molecule has 0 aliphatic rings. The number of hydrogen-bond donors (Lipinski definition) is 2. The largest absolute Gasteiger partial charge is 0.480 e. The second-order valence-electron chi connectivity index (χ2n) is 5.98. The molecule has 0 aromatic rings. The van der Waals surface area contributed by atoms with E-state index in [9.17, 15) is 4.57 Å². The van der Waals surface area contributed by atoms with Crippen molar-refractivity contribution in [2.24, 2.45) is 0 Å². The number of phosphoric acid groups is 1. The van der Waals surface area contributed by atoms with Crippen LogP contribution in [-0.2, 0) is 8.54 Å². The summed E-state index contributed by atoms with van der Waals surface area (Å²) >= 11 is 0.881. The summed E-state index contributed by atoms with van der Waals surface area (Å²) in [7, 11) is -4.29. The van der Waals surface area contributed by atoms with Gasteiger partial charge in [0.05, 0.1) is 0 Å². The topological polar surface area (TPSA) is 66.8 Å². The lowest BCUT2D eigenvalue weighted by molar-refractivity contribution is 0.298. The van der Waals surface area contributed by atoms with Gasteiger partial charge in [0.2, 0.25) is 0 Å². The van der Waals surface area contributed by atoms with Gasteiger partial charge in [0.25, 0.3) is 0 Å². The van der Waals surface area contributed by atoms with Gasteiger partial charge in [-0.15, -0.1) is 0 Å². The van der Waals surface area contributed by atoms with E-state index in [-0.39, 0.29) is 0 Å². The highest BCUT2D eigenvalue weighted by atomic mass is 32.2. The zero-order valence-electron chi connectivity index (χ0n) is 14.2. The molecule has 0 fully saturated rings. The van der Waals surface area contributed by atoms with Crippen molar-refractivity contribution in [1.29, 1.82) is 0 Å². The van der Waals surface area contributed by atoms with E-state index in [1.165, 1.54) is 77.0 Å². The molecule has 2 N–H and O–H groups in total. The van der Waals surface area contributed by atoms with E-state index in [1.807, 2.05) is 0 Å². The van der Waals surface area contributed by atoms with Crippen molar-refractivity contribution in [3.8, 4) is 0 Å². The van der Waals surface area contributed by atoms with Crippen molar-refractivity contribution < 1.29 is 18.3 Å². The summed E-state index contributed by atoms with van der Waals surface area (Å²) in [5, 5.41) is 0. The number of unbranched alkanes of at least 4 members (excludes halogenated alkanes) is 13. The SMILES string of the molecule is CCCCCCCCCCCCCCCCSOP(=O)(O)O. The quantitative estimate of drug-likeness (QED) is 0.184. The fourth-order valence-electron chi connectivity index (χ4n) is 2.46. The lowest BCUT2D eigenvalue weighted by atomic mass is 10.0. The van der Waals surface area contributed by atoms with Crippen LogP contribution in [0.2, 0.25) is 0 Å². The average Bonchev–Trinajstić information content (AvgIpc) is 2.45. The maximum atomic E-state index is 10.4. The first-order chi connectivity index (χ1) is 10.6. The molecule has 0 spiro atoms. The van der Waals surface area contributed by atoms with Crippen molar-refractivity contribution in [3.05, 3.63) is 0 Å². The van der Waals surface area contributed by atoms with Gasteiger partial charge in [-0.05, 0) is 6.42 Å². The smallest absolute Gasteiger partial charge is 0.302 e. The zero-order valence-corrected chi connectivity index (χ0v) is 15.9. The Labute approximate surface area is 141 Å². The highest BCUT2D eigenvalue weighted by Crippen LogP contribution is 2.41. The third-order valence-electron chi connectivity index (χ3n) is 3.73. The molecule has 0 heterocycles. The Balaban J connectivity index is 3.01. The molecule has 0 radical (unpaired) electrons. The van der Waals surface area contributed by atoms with E-state index in [1.54, 1.807) is 0 Å². The number of hydrogen-bond acceptors (Lipinski definition) is 3. The first kappa shape index (κ1) is 22.5. The monoisotopic (exact) mass is 354 g/mol. The van der Waals surface area contributed by atoms with Gasteiger partial charge in [-0.2, -0.15) is 0 Å². The van der Waals surface area contributed by atoms with E-state index < -0.39 is 7.82 Å². The molecule has 0 rings (SSSR count). The van der Waals surface area contributed by atoms with Gasteiger partial charge in [-0.25, -0.2) is 8.54 Å². The molecule has 22 heavy (non-hydrogen) atoms. The molecular weight excluding hydrogens is 319 g/mol. The molecule has 4 nitrogen and oxygen atoms in total. The first-order valence-corrected chi connectivity index (χ1v) is 11.4. The molecule has 0 aliphatic heterocycles. The third-order valence-corrected chi connectivity index (χ3v) is 5.38. The summed E-state index contributed by atoms with van der Waals surface area (Å²) in [4.78, 5) is 17.0. The molecule has 0 amide bonds. The van der Waals surface area contributed by atoms with E-state index >= 15 is 0 Å².